The van der Waals surface area contributed by atoms with E-state index in [1.807, 2.05) is 24.3 Å². The fourth-order valence-electron chi connectivity index (χ4n) is 2.07. The van der Waals surface area contributed by atoms with E-state index in [2.05, 4.69) is 15.4 Å². The van der Waals surface area contributed by atoms with Crippen molar-refractivity contribution in [3.8, 4) is 0 Å². The lowest BCUT2D eigenvalue weighted by molar-refractivity contribution is -0.144. The first-order valence-electron chi connectivity index (χ1n) is 5.84. The molecule has 2 atom stereocenters. The predicted octanol–water partition coefficient (Wildman–Crippen LogP) is 0.873. The van der Waals surface area contributed by atoms with Gasteiger partial charge in [0.05, 0.1) is 13.0 Å². The summed E-state index contributed by atoms with van der Waals surface area (Å²) in [5.74, 6) is -0.860. The summed E-state index contributed by atoms with van der Waals surface area (Å²) in [5.41, 5.74) is 1.94. The van der Waals surface area contributed by atoms with Crippen molar-refractivity contribution in [3.63, 3.8) is 0 Å². The number of esters is 1. The van der Waals surface area contributed by atoms with Crippen LogP contribution in [0.15, 0.2) is 24.3 Å². The molecule has 1 amide bonds. The van der Waals surface area contributed by atoms with Crippen LogP contribution in [0, 0.1) is 0 Å². The van der Waals surface area contributed by atoms with Gasteiger partial charge in [0, 0.05) is 12.2 Å². The van der Waals surface area contributed by atoms with Gasteiger partial charge >= 0.3 is 5.97 Å². The number of ether oxygens (including phenoxy) is 1. The number of carbonyl (C=O) groups excluding carboxylic acids is 2. The highest BCUT2D eigenvalue weighted by Gasteiger charge is 2.29. The maximum Gasteiger partial charge on any atom is 0.328 e. The summed E-state index contributed by atoms with van der Waals surface area (Å²) < 4.78 is 4.58. The zero-order chi connectivity index (χ0) is 13.1. The Labute approximate surface area is 106 Å². The maximum atomic E-state index is 12.1. The van der Waals surface area contributed by atoms with Gasteiger partial charge in [-0.2, -0.15) is 0 Å². The van der Waals surface area contributed by atoms with Gasteiger partial charge in [0.25, 0.3) is 0 Å². The zero-order valence-corrected chi connectivity index (χ0v) is 10.4. The average molecular weight is 248 g/mol. The Morgan fingerprint density at radius 3 is 2.89 bits per heavy atom. The molecule has 0 radical (unpaired) electrons. The quantitative estimate of drug-likeness (QED) is 0.779. The number of nitrogens with one attached hydrogen (secondary N) is 2. The van der Waals surface area contributed by atoms with E-state index in [-0.39, 0.29) is 11.8 Å². The van der Waals surface area contributed by atoms with Crippen LogP contribution in [0.4, 0.5) is 5.69 Å². The zero-order valence-electron chi connectivity index (χ0n) is 10.4. The highest BCUT2D eigenvalue weighted by atomic mass is 16.5. The molecule has 1 aliphatic rings. The van der Waals surface area contributed by atoms with E-state index in [9.17, 15) is 9.59 Å². The molecule has 1 aromatic rings. The van der Waals surface area contributed by atoms with E-state index >= 15 is 0 Å². The first kappa shape index (κ1) is 12.4. The first-order chi connectivity index (χ1) is 8.63. The molecule has 5 nitrogen and oxygen atoms in total. The van der Waals surface area contributed by atoms with Gasteiger partial charge in [-0.05, 0) is 18.6 Å². The van der Waals surface area contributed by atoms with E-state index in [0.29, 0.717) is 6.54 Å². The van der Waals surface area contributed by atoms with Crippen LogP contribution in [0.25, 0.3) is 0 Å². The summed E-state index contributed by atoms with van der Waals surface area (Å²) in [7, 11) is 1.30. The molecule has 0 saturated heterocycles. The molecule has 5 heteroatoms. The first-order valence-corrected chi connectivity index (χ1v) is 5.84. The summed E-state index contributed by atoms with van der Waals surface area (Å²) in [6, 6.07) is 7.04. The molecule has 1 aromatic carbocycles. The van der Waals surface area contributed by atoms with Crippen LogP contribution in [-0.4, -0.2) is 31.6 Å². The lowest BCUT2D eigenvalue weighted by Crippen LogP contribution is -2.42. The van der Waals surface area contributed by atoms with Crippen LogP contribution in [0.2, 0.25) is 0 Å². The maximum absolute atomic E-state index is 12.1. The second kappa shape index (κ2) is 5.08. The molecular weight excluding hydrogens is 232 g/mol. The summed E-state index contributed by atoms with van der Waals surface area (Å²) in [6.07, 6.45) is 0. The third-order valence-electron chi connectivity index (χ3n) is 3.06. The average Bonchev–Trinajstić information content (AvgIpc) is 2.81. The second-order valence-electron chi connectivity index (χ2n) is 4.27. The molecule has 0 bridgehead atoms. The Bertz CT molecular complexity index is 473. The van der Waals surface area contributed by atoms with Gasteiger partial charge in [-0.1, -0.05) is 18.2 Å². The Morgan fingerprint density at radius 1 is 1.44 bits per heavy atom. The third-order valence-corrected chi connectivity index (χ3v) is 3.06. The van der Waals surface area contributed by atoms with Crippen molar-refractivity contribution in [2.45, 2.75) is 18.9 Å². The van der Waals surface area contributed by atoms with Gasteiger partial charge in [0.1, 0.15) is 6.04 Å². The largest absolute Gasteiger partial charge is 0.467 e. The van der Waals surface area contributed by atoms with E-state index in [1.165, 1.54) is 7.11 Å². The number of para-hydroxylation sites is 1. The van der Waals surface area contributed by atoms with Crippen molar-refractivity contribution in [1.82, 2.24) is 5.32 Å². The van der Waals surface area contributed by atoms with Crippen LogP contribution in [0.3, 0.4) is 0 Å². The van der Waals surface area contributed by atoms with Gasteiger partial charge < -0.3 is 15.4 Å². The minimum absolute atomic E-state index is 0.162. The fourth-order valence-corrected chi connectivity index (χ4v) is 2.07. The topological polar surface area (TPSA) is 67.4 Å². The molecular formula is C13H16N2O3. The van der Waals surface area contributed by atoms with E-state index < -0.39 is 12.0 Å². The van der Waals surface area contributed by atoms with Crippen molar-refractivity contribution >= 4 is 17.6 Å². The fraction of sp³-hybridized carbons (Fsp3) is 0.385. The van der Waals surface area contributed by atoms with Gasteiger partial charge in [-0.15, -0.1) is 0 Å². The number of hydrogen-bond donors (Lipinski definition) is 2. The number of carbonyl (C=O) groups is 2. The highest BCUT2D eigenvalue weighted by Crippen LogP contribution is 2.30. The molecule has 0 aliphatic carbocycles. The van der Waals surface area contributed by atoms with Crippen molar-refractivity contribution in [2.75, 3.05) is 19.0 Å². The summed E-state index contributed by atoms with van der Waals surface area (Å²) >= 11 is 0. The Kier molecular flexibility index (Phi) is 3.50. The van der Waals surface area contributed by atoms with Gasteiger partial charge in [-0.25, -0.2) is 4.79 Å². The number of amides is 1. The lowest BCUT2D eigenvalue weighted by atomic mass is 10.0. The Hall–Kier alpha value is -2.04. The number of fused-ring (bicyclic) bond motifs is 1. The molecule has 0 spiro atoms. The highest BCUT2D eigenvalue weighted by molar-refractivity contribution is 5.91. The van der Waals surface area contributed by atoms with Crippen molar-refractivity contribution in [1.29, 1.82) is 0 Å². The molecule has 96 valence electrons. The van der Waals surface area contributed by atoms with Gasteiger partial charge in [0.2, 0.25) is 5.91 Å². The minimum Gasteiger partial charge on any atom is -0.467 e. The summed E-state index contributed by atoms with van der Waals surface area (Å²) in [4.78, 5) is 23.3. The molecule has 1 heterocycles. The number of hydrogen-bond acceptors (Lipinski definition) is 4. The van der Waals surface area contributed by atoms with Gasteiger partial charge in [-0.3, -0.25) is 4.79 Å². The predicted molar refractivity (Wildman–Crippen MR) is 67.3 cm³/mol. The van der Waals surface area contributed by atoms with E-state index in [4.69, 9.17) is 0 Å². The van der Waals surface area contributed by atoms with E-state index in [1.54, 1.807) is 6.92 Å². The molecule has 2 N–H and O–H groups in total. The van der Waals surface area contributed by atoms with Crippen LogP contribution in [-0.2, 0) is 14.3 Å². The number of anilines is 1. The van der Waals surface area contributed by atoms with Crippen LogP contribution in [0.5, 0.6) is 0 Å². The SMILES string of the molecule is COC(=O)C(C)NC(=O)C1CNc2ccccc21. The minimum atomic E-state index is -0.629. The van der Waals surface area contributed by atoms with Crippen LogP contribution >= 0.6 is 0 Å². The molecule has 0 aromatic heterocycles. The van der Waals surface area contributed by atoms with E-state index in [0.717, 1.165) is 11.3 Å². The Balaban J connectivity index is 2.06. The third kappa shape index (κ3) is 2.30. The van der Waals surface area contributed by atoms with Crippen molar-refractivity contribution < 1.29 is 14.3 Å². The van der Waals surface area contributed by atoms with Crippen molar-refractivity contribution in [2.24, 2.45) is 0 Å². The number of methoxy groups -OCH3 is 1. The smallest absolute Gasteiger partial charge is 0.328 e. The molecule has 2 rings (SSSR count). The molecule has 0 saturated carbocycles. The second-order valence-corrected chi connectivity index (χ2v) is 4.27. The van der Waals surface area contributed by atoms with Crippen LogP contribution in [0.1, 0.15) is 18.4 Å². The monoisotopic (exact) mass is 248 g/mol. The molecule has 2 unspecified atom stereocenters. The summed E-state index contributed by atoms with van der Waals surface area (Å²) in [5, 5.41) is 5.83. The standard InChI is InChI=1S/C13H16N2O3/c1-8(13(17)18-2)15-12(16)10-7-14-11-6-4-3-5-9(10)11/h3-6,8,10,14H,7H2,1-2H3,(H,15,16). The lowest BCUT2D eigenvalue weighted by Gasteiger charge is -2.15. The molecule has 18 heavy (non-hydrogen) atoms. The Morgan fingerprint density at radius 2 is 2.17 bits per heavy atom. The normalized spacial score (nSPS) is 18.4. The molecule has 0 fully saturated rings. The van der Waals surface area contributed by atoms with Crippen LogP contribution < -0.4 is 10.6 Å². The summed E-state index contributed by atoms with van der Waals surface area (Å²) in [6.45, 7) is 2.16. The van der Waals surface area contributed by atoms with Gasteiger partial charge in [0.15, 0.2) is 0 Å². The number of benzene rings is 1. The van der Waals surface area contributed by atoms with Crippen molar-refractivity contribution in [3.05, 3.63) is 29.8 Å². The number of rotatable bonds is 3. The molecule has 1 aliphatic heterocycles.